The minimum absolute atomic E-state index is 0.706. The Labute approximate surface area is 146 Å². The highest BCUT2D eigenvalue weighted by atomic mass is 16.1. The Kier molecular flexibility index (Phi) is 18.6. The maximum atomic E-state index is 8.00. The van der Waals surface area contributed by atoms with Crippen molar-refractivity contribution >= 4 is 6.79 Å². The van der Waals surface area contributed by atoms with Crippen molar-refractivity contribution in [2.45, 2.75) is 98.8 Å². The lowest BCUT2D eigenvalue weighted by atomic mass is 9.75. The lowest BCUT2D eigenvalue weighted by molar-refractivity contribution is -0.0979. The van der Waals surface area contributed by atoms with Gasteiger partial charge in [-0.2, -0.15) is 0 Å². The van der Waals surface area contributed by atoms with Crippen LogP contribution in [0.15, 0.2) is 17.9 Å². The first kappa shape index (κ1) is 24.4. The number of unbranched alkanes of at least 4 members (excludes halogenated alkanes) is 4. The van der Waals surface area contributed by atoms with Crippen molar-refractivity contribution in [3.05, 3.63) is 17.9 Å². The summed E-state index contributed by atoms with van der Waals surface area (Å²) in [6.45, 7) is 17.0. The van der Waals surface area contributed by atoms with Gasteiger partial charge in [0.05, 0.1) is 0 Å². The third kappa shape index (κ3) is 11.4. The van der Waals surface area contributed by atoms with Crippen LogP contribution in [0.3, 0.4) is 0 Å². The first-order chi connectivity index (χ1) is 11.2. The number of rotatable bonds is 8. The molecule has 0 radical (unpaired) electrons. The van der Waals surface area contributed by atoms with E-state index < -0.39 is 0 Å². The summed E-state index contributed by atoms with van der Waals surface area (Å²) in [5, 5.41) is 0. The molecule has 1 atom stereocenters. The Hall–Kier alpha value is -0.810. The van der Waals surface area contributed by atoms with E-state index in [1.807, 2.05) is 20.6 Å². The largest absolute Gasteiger partial charge is 0.307 e. The van der Waals surface area contributed by atoms with E-state index in [1.165, 1.54) is 64.2 Å². The third-order valence-electron chi connectivity index (χ3n) is 4.93. The van der Waals surface area contributed by atoms with E-state index in [0.29, 0.717) is 5.92 Å². The predicted molar refractivity (Wildman–Crippen MR) is 105 cm³/mol. The predicted octanol–water partition coefficient (Wildman–Crippen LogP) is 7.36. The standard InChI is InChI=1S/C19H34.C2H6.CH2O/c1-5-7-8-9-10-11-17(4)19(6-2)18-14-12-16(3)13-15-18;2*1-2/h16-18H,2,5,7-15H2,1,3-4H3;1-2H3;1H2. The molecule has 0 spiro atoms. The van der Waals surface area contributed by atoms with Gasteiger partial charge >= 0.3 is 0 Å². The van der Waals surface area contributed by atoms with Gasteiger partial charge in [0.2, 0.25) is 0 Å². The fraction of sp³-hybridized carbons (Fsp3) is 0.818. The number of allylic oxidation sites excluding steroid dienone is 1. The molecule has 0 aliphatic heterocycles. The van der Waals surface area contributed by atoms with Gasteiger partial charge in [-0.1, -0.05) is 86.1 Å². The Morgan fingerprint density at radius 3 is 2.04 bits per heavy atom. The maximum Gasteiger partial charge on any atom is 0.106 e. The van der Waals surface area contributed by atoms with Gasteiger partial charge in [0, 0.05) is 0 Å². The summed E-state index contributed by atoms with van der Waals surface area (Å²) in [5.74, 6) is 2.43. The topological polar surface area (TPSA) is 17.1 Å². The fourth-order valence-corrected chi connectivity index (χ4v) is 3.50. The van der Waals surface area contributed by atoms with Gasteiger partial charge in [0.25, 0.3) is 0 Å². The molecule has 0 bridgehead atoms. The molecular formula is C22H42O. The summed E-state index contributed by atoms with van der Waals surface area (Å²) in [7, 11) is 0. The van der Waals surface area contributed by atoms with Crippen molar-refractivity contribution in [3.8, 4) is 0 Å². The van der Waals surface area contributed by atoms with Gasteiger partial charge < -0.3 is 4.79 Å². The quantitative estimate of drug-likeness (QED) is 0.337. The second-order valence-electron chi connectivity index (χ2n) is 6.69. The fourth-order valence-electron chi connectivity index (χ4n) is 3.50. The van der Waals surface area contributed by atoms with Crippen molar-refractivity contribution < 1.29 is 4.79 Å². The maximum absolute atomic E-state index is 8.00. The molecule has 1 aliphatic carbocycles. The Morgan fingerprint density at radius 2 is 1.57 bits per heavy atom. The second kappa shape index (κ2) is 17.5. The summed E-state index contributed by atoms with van der Waals surface area (Å²) in [4.78, 5) is 8.00. The summed E-state index contributed by atoms with van der Waals surface area (Å²) in [6.07, 6.45) is 13.8. The molecular weight excluding hydrogens is 280 g/mol. The molecule has 0 aromatic heterocycles. The SMILES string of the molecule is C=C=C(C(C)CCCCCCC)C1CCC(C)CC1.C=O.CC. The van der Waals surface area contributed by atoms with Crippen LogP contribution < -0.4 is 0 Å². The molecule has 0 saturated heterocycles. The van der Waals surface area contributed by atoms with Crippen LogP contribution in [-0.2, 0) is 4.79 Å². The minimum atomic E-state index is 0.706. The molecule has 23 heavy (non-hydrogen) atoms. The summed E-state index contributed by atoms with van der Waals surface area (Å²) in [5.41, 5.74) is 4.85. The average Bonchev–Trinajstić information content (AvgIpc) is 2.60. The lowest BCUT2D eigenvalue weighted by Crippen LogP contribution is -2.17. The van der Waals surface area contributed by atoms with E-state index in [2.05, 4.69) is 33.1 Å². The highest BCUT2D eigenvalue weighted by Gasteiger charge is 2.24. The van der Waals surface area contributed by atoms with Gasteiger partial charge in [-0.15, -0.1) is 5.73 Å². The van der Waals surface area contributed by atoms with Crippen molar-refractivity contribution in [3.63, 3.8) is 0 Å². The number of hydrogen-bond acceptors (Lipinski definition) is 1. The first-order valence-electron chi connectivity index (χ1n) is 9.87. The first-order valence-corrected chi connectivity index (χ1v) is 9.87. The zero-order valence-corrected chi connectivity index (χ0v) is 16.6. The van der Waals surface area contributed by atoms with Crippen LogP contribution in [0.25, 0.3) is 0 Å². The van der Waals surface area contributed by atoms with E-state index in [4.69, 9.17) is 4.79 Å². The van der Waals surface area contributed by atoms with Crippen molar-refractivity contribution in [1.82, 2.24) is 0 Å². The average molecular weight is 323 g/mol. The summed E-state index contributed by atoms with van der Waals surface area (Å²) < 4.78 is 0. The van der Waals surface area contributed by atoms with E-state index >= 15 is 0 Å². The smallest absolute Gasteiger partial charge is 0.106 e. The molecule has 1 aliphatic rings. The van der Waals surface area contributed by atoms with Crippen LogP contribution in [-0.4, -0.2) is 6.79 Å². The van der Waals surface area contributed by atoms with Crippen LogP contribution in [0, 0.1) is 17.8 Å². The molecule has 1 unspecified atom stereocenters. The number of hydrogen-bond donors (Lipinski definition) is 0. The van der Waals surface area contributed by atoms with Crippen LogP contribution in [0.4, 0.5) is 0 Å². The normalized spacial score (nSPS) is 20.9. The molecule has 0 heterocycles. The van der Waals surface area contributed by atoms with E-state index in [1.54, 1.807) is 5.57 Å². The summed E-state index contributed by atoms with van der Waals surface area (Å²) >= 11 is 0. The van der Waals surface area contributed by atoms with E-state index in [0.717, 1.165) is 11.8 Å². The van der Waals surface area contributed by atoms with Gasteiger partial charge in [0.15, 0.2) is 0 Å². The number of carbonyl (C=O) groups is 1. The molecule has 1 fully saturated rings. The molecule has 1 nitrogen and oxygen atoms in total. The second-order valence-corrected chi connectivity index (χ2v) is 6.69. The molecule has 0 N–H and O–H groups in total. The molecule has 1 saturated carbocycles. The Morgan fingerprint density at radius 1 is 1.04 bits per heavy atom. The van der Waals surface area contributed by atoms with Crippen molar-refractivity contribution in [2.75, 3.05) is 0 Å². The molecule has 136 valence electrons. The third-order valence-corrected chi connectivity index (χ3v) is 4.93. The van der Waals surface area contributed by atoms with E-state index in [-0.39, 0.29) is 0 Å². The van der Waals surface area contributed by atoms with Crippen molar-refractivity contribution in [1.29, 1.82) is 0 Å². The molecule has 0 aromatic carbocycles. The zero-order chi connectivity index (χ0) is 18.1. The number of carbonyl (C=O) groups excluding carboxylic acids is 1. The lowest BCUT2D eigenvalue weighted by Gasteiger charge is -2.30. The monoisotopic (exact) mass is 322 g/mol. The van der Waals surface area contributed by atoms with Gasteiger partial charge in [-0.25, -0.2) is 0 Å². The molecule has 1 heteroatoms. The van der Waals surface area contributed by atoms with Crippen LogP contribution in [0.2, 0.25) is 0 Å². The van der Waals surface area contributed by atoms with Gasteiger partial charge in [-0.3, -0.25) is 0 Å². The highest BCUT2D eigenvalue weighted by molar-refractivity contribution is 5.11. The van der Waals surface area contributed by atoms with E-state index in [9.17, 15) is 0 Å². The van der Waals surface area contributed by atoms with Crippen LogP contribution in [0.5, 0.6) is 0 Å². The van der Waals surface area contributed by atoms with Crippen molar-refractivity contribution in [2.24, 2.45) is 17.8 Å². The van der Waals surface area contributed by atoms with Gasteiger partial charge in [-0.05, 0) is 42.6 Å². The summed E-state index contributed by atoms with van der Waals surface area (Å²) in [6, 6.07) is 0. The zero-order valence-electron chi connectivity index (χ0n) is 16.6. The van der Waals surface area contributed by atoms with Crippen LogP contribution >= 0.6 is 0 Å². The minimum Gasteiger partial charge on any atom is -0.307 e. The molecule has 1 rings (SSSR count). The Balaban J connectivity index is 0. The highest BCUT2D eigenvalue weighted by Crippen LogP contribution is 2.36. The van der Waals surface area contributed by atoms with Crippen LogP contribution in [0.1, 0.15) is 98.8 Å². The molecule has 0 amide bonds. The Bertz CT molecular complexity index is 293. The van der Waals surface area contributed by atoms with Gasteiger partial charge in [0.1, 0.15) is 6.79 Å². The molecule has 0 aromatic rings.